The minimum Gasteiger partial charge on any atom is -0.210 e. The lowest BCUT2D eigenvalue weighted by Gasteiger charge is -2.37. The molecule has 0 aromatic rings. The maximum atomic E-state index is 12.3. The Morgan fingerprint density at radius 3 is 1.20 bits per heavy atom. The van der Waals surface area contributed by atoms with E-state index in [0.717, 1.165) is 0 Å². The predicted molar refractivity (Wildman–Crippen MR) is 39.2 cm³/mol. The summed E-state index contributed by atoms with van der Waals surface area (Å²) in [6, 6.07) is 0. The van der Waals surface area contributed by atoms with Crippen LogP contribution in [-0.2, 0) is 0 Å². The Hall–Kier alpha value is -0.140. The molecule has 62 valence electrons. The van der Waals surface area contributed by atoms with Gasteiger partial charge in [-0.25, -0.2) is 8.78 Å². The largest absolute Gasteiger partial charge is 0.244 e. The van der Waals surface area contributed by atoms with Crippen LogP contribution in [0.15, 0.2) is 0 Å². The Morgan fingerprint density at radius 2 is 1.20 bits per heavy atom. The van der Waals surface area contributed by atoms with Crippen molar-refractivity contribution in [2.75, 3.05) is 0 Å². The lowest BCUT2D eigenvalue weighted by Crippen LogP contribution is -2.36. The monoisotopic (exact) mass is 150 g/mol. The van der Waals surface area contributed by atoms with Gasteiger partial charge < -0.3 is 0 Å². The second kappa shape index (κ2) is 2.48. The van der Waals surface area contributed by atoms with Crippen LogP contribution in [0.2, 0.25) is 0 Å². The molecule has 0 rings (SSSR count). The van der Waals surface area contributed by atoms with E-state index in [1.54, 1.807) is 13.8 Å². The quantitative estimate of drug-likeness (QED) is 0.538. The van der Waals surface area contributed by atoms with Gasteiger partial charge in [0.25, 0.3) is 0 Å². The fourth-order valence-electron chi connectivity index (χ4n) is 0.327. The van der Waals surface area contributed by atoms with Crippen molar-refractivity contribution in [1.29, 1.82) is 0 Å². The molecule has 0 spiro atoms. The van der Waals surface area contributed by atoms with Crippen LogP contribution in [0.4, 0.5) is 8.78 Å². The fraction of sp³-hybridized carbons (Fsp3) is 1.00. The van der Waals surface area contributed by atoms with Crippen LogP contribution in [0.25, 0.3) is 0 Å². The molecule has 0 unspecified atom stereocenters. The first-order chi connectivity index (χ1) is 4.19. The zero-order valence-corrected chi connectivity index (χ0v) is 7.33. The molecule has 0 nitrogen and oxygen atoms in total. The second-order valence-corrected chi connectivity index (χ2v) is 4.27. The van der Waals surface area contributed by atoms with Crippen molar-refractivity contribution in [3.63, 3.8) is 0 Å². The van der Waals surface area contributed by atoms with Crippen molar-refractivity contribution in [2.45, 2.75) is 41.0 Å². The first-order valence-electron chi connectivity index (χ1n) is 3.48. The van der Waals surface area contributed by atoms with Crippen molar-refractivity contribution >= 4 is 0 Å². The summed E-state index contributed by atoms with van der Waals surface area (Å²) < 4.78 is 24.6. The van der Waals surface area contributed by atoms with Crippen LogP contribution in [0, 0.1) is 10.8 Å². The highest BCUT2D eigenvalue weighted by Gasteiger charge is 2.40. The average molecular weight is 150 g/mol. The van der Waals surface area contributed by atoms with Crippen molar-refractivity contribution in [1.82, 2.24) is 0 Å². The van der Waals surface area contributed by atoms with E-state index in [-0.39, 0.29) is 5.41 Å². The predicted octanol–water partition coefficient (Wildman–Crippen LogP) is 3.32. The zero-order chi connectivity index (χ0) is 8.58. The average Bonchev–Trinajstić information content (AvgIpc) is 1.62. The SMILES string of the molecule is CC(C)(C)C(C)(C)C(F)F. The second-order valence-electron chi connectivity index (χ2n) is 4.27. The normalized spacial score (nSPS) is 14.4. The molecule has 0 radical (unpaired) electrons. The Labute approximate surface area is 61.6 Å². The number of hydrogen-bond donors (Lipinski definition) is 0. The van der Waals surface area contributed by atoms with E-state index in [2.05, 4.69) is 0 Å². The van der Waals surface area contributed by atoms with Gasteiger partial charge in [-0.3, -0.25) is 0 Å². The maximum Gasteiger partial charge on any atom is 0.244 e. The molecular weight excluding hydrogens is 134 g/mol. The highest BCUT2D eigenvalue weighted by atomic mass is 19.3. The summed E-state index contributed by atoms with van der Waals surface area (Å²) in [4.78, 5) is 0. The molecule has 0 fully saturated rings. The molecule has 0 heterocycles. The molecule has 0 atom stereocenters. The number of rotatable bonds is 1. The molecule has 0 saturated carbocycles. The molecule has 0 aliphatic carbocycles. The number of alkyl halides is 2. The van der Waals surface area contributed by atoms with Gasteiger partial charge in [-0.05, 0) is 5.41 Å². The van der Waals surface area contributed by atoms with Crippen molar-refractivity contribution in [3.8, 4) is 0 Å². The van der Waals surface area contributed by atoms with Crippen molar-refractivity contribution in [3.05, 3.63) is 0 Å². The minimum absolute atomic E-state index is 0.332. The van der Waals surface area contributed by atoms with Gasteiger partial charge in [-0.2, -0.15) is 0 Å². The molecule has 2 heteroatoms. The highest BCUT2D eigenvalue weighted by molar-refractivity contribution is 4.84. The Balaban J connectivity index is 4.40. The van der Waals surface area contributed by atoms with Gasteiger partial charge in [0.1, 0.15) is 0 Å². The van der Waals surface area contributed by atoms with Crippen LogP contribution in [0.5, 0.6) is 0 Å². The van der Waals surface area contributed by atoms with Gasteiger partial charge in [-0.15, -0.1) is 0 Å². The highest BCUT2D eigenvalue weighted by Crippen LogP contribution is 2.42. The first-order valence-corrected chi connectivity index (χ1v) is 3.48. The van der Waals surface area contributed by atoms with E-state index in [9.17, 15) is 8.78 Å². The molecule has 0 aromatic heterocycles. The molecule has 0 aliphatic heterocycles. The van der Waals surface area contributed by atoms with E-state index in [0.29, 0.717) is 0 Å². The van der Waals surface area contributed by atoms with Crippen LogP contribution >= 0.6 is 0 Å². The standard InChI is InChI=1S/C8H16F2/c1-7(2,3)8(4,5)6(9)10/h6H,1-5H3. The van der Waals surface area contributed by atoms with Gasteiger partial charge in [0, 0.05) is 5.41 Å². The Kier molecular flexibility index (Phi) is 2.44. The molecule has 10 heavy (non-hydrogen) atoms. The van der Waals surface area contributed by atoms with E-state index >= 15 is 0 Å². The Bertz CT molecular complexity index is 109. The third kappa shape index (κ3) is 1.68. The first kappa shape index (κ1) is 9.86. The summed E-state index contributed by atoms with van der Waals surface area (Å²) in [5, 5.41) is 0. The van der Waals surface area contributed by atoms with E-state index in [1.165, 1.54) is 0 Å². The third-order valence-electron chi connectivity index (χ3n) is 2.48. The zero-order valence-electron chi connectivity index (χ0n) is 7.33. The van der Waals surface area contributed by atoms with Crippen LogP contribution < -0.4 is 0 Å². The summed E-state index contributed by atoms with van der Waals surface area (Å²) in [6.45, 7) is 8.69. The van der Waals surface area contributed by atoms with Crippen LogP contribution in [0.1, 0.15) is 34.6 Å². The van der Waals surface area contributed by atoms with Crippen LogP contribution in [0.3, 0.4) is 0 Å². The smallest absolute Gasteiger partial charge is 0.210 e. The van der Waals surface area contributed by atoms with Crippen LogP contribution in [-0.4, -0.2) is 6.43 Å². The summed E-state index contributed by atoms with van der Waals surface area (Å²) in [6.07, 6.45) is -2.24. The van der Waals surface area contributed by atoms with Gasteiger partial charge in [0.2, 0.25) is 6.43 Å². The van der Waals surface area contributed by atoms with Crippen molar-refractivity contribution in [2.24, 2.45) is 10.8 Å². The Morgan fingerprint density at radius 1 is 0.900 bits per heavy atom. The van der Waals surface area contributed by atoms with Crippen molar-refractivity contribution < 1.29 is 8.78 Å². The summed E-state index contributed by atoms with van der Waals surface area (Å²) in [5.41, 5.74) is -1.23. The lowest BCUT2D eigenvalue weighted by atomic mass is 9.70. The molecule has 0 N–H and O–H groups in total. The summed E-state index contributed by atoms with van der Waals surface area (Å²) in [5.74, 6) is 0. The lowest BCUT2D eigenvalue weighted by molar-refractivity contribution is -0.0518. The molecular formula is C8H16F2. The van der Waals surface area contributed by atoms with E-state index in [4.69, 9.17) is 0 Å². The molecule has 0 amide bonds. The van der Waals surface area contributed by atoms with Gasteiger partial charge in [0.05, 0.1) is 0 Å². The number of hydrogen-bond acceptors (Lipinski definition) is 0. The molecule has 0 aliphatic rings. The topological polar surface area (TPSA) is 0 Å². The van der Waals surface area contributed by atoms with E-state index in [1.807, 2.05) is 20.8 Å². The minimum atomic E-state index is -2.24. The molecule has 0 saturated heterocycles. The van der Waals surface area contributed by atoms with E-state index < -0.39 is 11.8 Å². The van der Waals surface area contributed by atoms with Gasteiger partial charge in [-0.1, -0.05) is 34.6 Å². The van der Waals surface area contributed by atoms with Gasteiger partial charge >= 0.3 is 0 Å². The summed E-state index contributed by atoms with van der Waals surface area (Å²) >= 11 is 0. The van der Waals surface area contributed by atoms with Gasteiger partial charge in [0.15, 0.2) is 0 Å². The maximum absolute atomic E-state index is 12.3. The summed E-state index contributed by atoms with van der Waals surface area (Å²) in [7, 11) is 0. The molecule has 0 bridgehead atoms. The third-order valence-corrected chi connectivity index (χ3v) is 2.48. The fourth-order valence-corrected chi connectivity index (χ4v) is 0.327. The number of halogens is 2. The molecule has 0 aromatic carbocycles.